The maximum atomic E-state index is 13.2. The van der Waals surface area contributed by atoms with Gasteiger partial charge in [0.15, 0.2) is 11.9 Å². The highest BCUT2D eigenvalue weighted by atomic mass is 19.4. The highest BCUT2D eigenvalue weighted by molar-refractivity contribution is 5.32. The van der Waals surface area contributed by atoms with E-state index in [1.807, 2.05) is 30.3 Å². The van der Waals surface area contributed by atoms with E-state index >= 15 is 0 Å². The highest BCUT2D eigenvalue weighted by Crippen LogP contribution is 2.58. The molecule has 0 amide bonds. The maximum Gasteiger partial charge on any atom is 0.414 e. The van der Waals surface area contributed by atoms with Crippen LogP contribution in [0.4, 0.5) is 13.2 Å². The summed E-state index contributed by atoms with van der Waals surface area (Å²) in [4.78, 5) is 0. The predicted octanol–water partition coefficient (Wildman–Crippen LogP) is 4.58. The molecule has 0 spiro atoms. The van der Waals surface area contributed by atoms with E-state index in [0.29, 0.717) is 19.4 Å². The van der Waals surface area contributed by atoms with Crippen molar-refractivity contribution >= 4 is 0 Å². The third-order valence-electron chi connectivity index (χ3n) is 5.10. The van der Waals surface area contributed by atoms with Crippen molar-refractivity contribution in [3.8, 4) is 0 Å². The van der Waals surface area contributed by atoms with Crippen molar-refractivity contribution in [3.63, 3.8) is 0 Å². The average molecular weight is 314 g/mol. The van der Waals surface area contributed by atoms with Gasteiger partial charge in [0.05, 0.1) is 12.0 Å². The molecule has 0 aromatic heterocycles. The Morgan fingerprint density at radius 2 is 1.91 bits per heavy atom. The van der Waals surface area contributed by atoms with Gasteiger partial charge in [-0.15, -0.1) is 0 Å². The minimum Gasteiger partial charge on any atom is -0.349 e. The zero-order valence-electron chi connectivity index (χ0n) is 12.7. The summed E-state index contributed by atoms with van der Waals surface area (Å²) in [7, 11) is 0. The molecular weight excluding hydrogens is 293 g/mol. The fourth-order valence-corrected chi connectivity index (χ4v) is 4.05. The lowest BCUT2D eigenvalue weighted by Crippen LogP contribution is -2.51. The van der Waals surface area contributed by atoms with Gasteiger partial charge in [0.2, 0.25) is 0 Å². The number of benzene rings is 1. The number of rotatable bonds is 4. The van der Waals surface area contributed by atoms with Crippen molar-refractivity contribution in [2.45, 2.75) is 62.5 Å². The number of alkyl halides is 3. The van der Waals surface area contributed by atoms with Crippen LogP contribution in [0.25, 0.3) is 0 Å². The molecule has 0 radical (unpaired) electrons. The molecule has 3 atom stereocenters. The molecular formula is C17H21F3O2. The molecule has 2 nitrogen and oxygen atoms in total. The molecule has 1 saturated carbocycles. The van der Waals surface area contributed by atoms with Crippen LogP contribution < -0.4 is 0 Å². The predicted molar refractivity (Wildman–Crippen MR) is 76.5 cm³/mol. The van der Waals surface area contributed by atoms with Crippen LogP contribution in [0.5, 0.6) is 0 Å². The van der Waals surface area contributed by atoms with Crippen LogP contribution >= 0.6 is 0 Å². The number of halogens is 3. The van der Waals surface area contributed by atoms with Gasteiger partial charge in [0.1, 0.15) is 0 Å². The second kappa shape index (κ2) is 5.53. The molecule has 2 aliphatic rings. The topological polar surface area (TPSA) is 18.5 Å². The summed E-state index contributed by atoms with van der Waals surface area (Å²) >= 11 is 0. The first-order chi connectivity index (χ1) is 10.4. The number of hydrogen-bond donors (Lipinski definition) is 0. The minimum atomic E-state index is -4.36. The minimum absolute atomic E-state index is 0.0977. The van der Waals surface area contributed by atoms with E-state index in [1.165, 1.54) is 6.92 Å². The Labute approximate surface area is 128 Å². The van der Waals surface area contributed by atoms with Crippen molar-refractivity contribution in [1.29, 1.82) is 0 Å². The molecule has 5 heteroatoms. The number of fused-ring (bicyclic) bond motifs is 1. The van der Waals surface area contributed by atoms with Crippen LogP contribution in [0.3, 0.4) is 0 Å². The molecule has 122 valence electrons. The lowest BCUT2D eigenvalue weighted by atomic mass is 9.74. The second-order valence-electron chi connectivity index (χ2n) is 6.21. The van der Waals surface area contributed by atoms with E-state index < -0.39 is 23.5 Å². The average Bonchev–Trinajstić information content (AvgIpc) is 3.00. The molecule has 3 rings (SSSR count). The van der Waals surface area contributed by atoms with E-state index in [9.17, 15) is 13.2 Å². The Morgan fingerprint density at radius 1 is 1.18 bits per heavy atom. The van der Waals surface area contributed by atoms with Crippen LogP contribution in [0.15, 0.2) is 30.3 Å². The third-order valence-corrected chi connectivity index (χ3v) is 5.10. The molecule has 1 saturated heterocycles. The SMILES string of the molecule is CCC(OC12CCCC1(c1ccccc1)CCO2)C(F)(F)F. The van der Waals surface area contributed by atoms with Crippen molar-refractivity contribution in [3.05, 3.63) is 35.9 Å². The fraction of sp³-hybridized carbons (Fsp3) is 0.647. The Bertz CT molecular complexity index is 502. The Hall–Kier alpha value is -1.07. The van der Waals surface area contributed by atoms with E-state index in [0.717, 1.165) is 18.4 Å². The van der Waals surface area contributed by atoms with Gasteiger partial charge < -0.3 is 9.47 Å². The van der Waals surface area contributed by atoms with Crippen molar-refractivity contribution in [2.24, 2.45) is 0 Å². The van der Waals surface area contributed by atoms with E-state index in [-0.39, 0.29) is 6.42 Å². The number of ether oxygens (including phenoxy) is 2. The summed E-state index contributed by atoms with van der Waals surface area (Å²) in [5, 5.41) is 0. The molecule has 1 aliphatic heterocycles. The van der Waals surface area contributed by atoms with Crippen LogP contribution in [0, 0.1) is 0 Å². The second-order valence-corrected chi connectivity index (χ2v) is 6.21. The lowest BCUT2D eigenvalue weighted by Gasteiger charge is -2.41. The van der Waals surface area contributed by atoms with Crippen LogP contribution in [0.1, 0.15) is 44.6 Å². The molecule has 1 aromatic rings. The Balaban J connectivity index is 1.97. The smallest absolute Gasteiger partial charge is 0.349 e. The van der Waals surface area contributed by atoms with Gasteiger partial charge in [-0.1, -0.05) is 37.3 Å². The third kappa shape index (κ3) is 2.35. The van der Waals surface area contributed by atoms with Gasteiger partial charge in [0, 0.05) is 6.42 Å². The molecule has 2 fully saturated rings. The monoisotopic (exact) mass is 314 g/mol. The lowest BCUT2D eigenvalue weighted by molar-refractivity contribution is -0.317. The maximum absolute atomic E-state index is 13.2. The molecule has 1 aromatic carbocycles. The van der Waals surface area contributed by atoms with Crippen molar-refractivity contribution in [1.82, 2.24) is 0 Å². The largest absolute Gasteiger partial charge is 0.414 e. The van der Waals surface area contributed by atoms with Crippen LogP contribution in [-0.4, -0.2) is 24.7 Å². The number of hydrogen-bond acceptors (Lipinski definition) is 2. The standard InChI is InChI=1S/C17H21F3O2/c1-2-14(17(18,19)20)22-16-10-6-9-15(16,11-12-21-16)13-7-4-3-5-8-13/h3-5,7-8,14H,2,6,9-12H2,1H3. The Morgan fingerprint density at radius 3 is 2.55 bits per heavy atom. The summed E-state index contributed by atoms with van der Waals surface area (Å²) in [5.74, 6) is -1.13. The zero-order valence-corrected chi connectivity index (χ0v) is 12.7. The van der Waals surface area contributed by atoms with E-state index in [2.05, 4.69) is 0 Å². The van der Waals surface area contributed by atoms with Crippen molar-refractivity contribution in [2.75, 3.05) is 6.61 Å². The van der Waals surface area contributed by atoms with Gasteiger partial charge in [-0.05, 0) is 31.2 Å². The summed E-state index contributed by atoms with van der Waals surface area (Å²) in [6.07, 6.45) is -3.36. The van der Waals surface area contributed by atoms with Crippen LogP contribution in [0.2, 0.25) is 0 Å². The normalized spacial score (nSPS) is 32.9. The van der Waals surface area contributed by atoms with Gasteiger partial charge >= 0.3 is 6.18 Å². The van der Waals surface area contributed by atoms with Crippen LogP contribution in [-0.2, 0) is 14.9 Å². The molecule has 1 aliphatic carbocycles. The summed E-state index contributed by atoms with van der Waals surface area (Å²) < 4.78 is 51.0. The van der Waals surface area contributed by atoms with Crippen molar-refractivity contribution < 1.29 is 22.6 Å². The highest BCUT2D eigenvalue weighted by Gasteiger charge is 2.63. The zero-order chi connectivity index (χ0) is 15.8. The Kier molecular flexibility index (Phi) is 3.98. The molecule has 1 heterocycles. The quantitative estimate of drug-likeness (QED) is 0.810. The van der Waals surface area contributed by atoms with E-state index in [4.69, 9.17) is 9.47 Å². The van der Waals surface area contributed by atoms with Gasteiger partial charge in [-0.2, -0.15) is 13.2 Å². The first-order valence-electron chi connectivity index (χ1n) is 7.87. The van der Waals surface area contributed by atoms with Gasteiger partial charge in [0.25, 0.3) is 0 Å². The first kappa shape index (κ1) is 15.8. The van der Waals surface area contributed by atoms with Gasteiger partial charge in [-0.25, -0.2) is 0 Å². The fourth-order valence-electron chi connectivity index (χ4n) is 4.05. The summed E-state index contributed by atoms with van der Waals surface area (Å²) in [5.41, 5.74) is 0.578. The summed E-state index contributed by atoms with van der Waals surface area (Å²) in [6.45, 7) is 1.95. The molecule has 0 bridgehead atoms. The first-order valence-corrected chi connectivity index (χ1v) is 7.87. The molecule has 0 N–H and O–H groups in total. The summed E-state index contributed by atoms with van der Waals surface area (Å²) in [6, 6.07) is 9.72. The molecule has 3 unspecified atom stereocenters. The molecule has 22 heavy (non-hydrogen) atoms. The van der Waals surface area contributed by atoms with E-state index in [1.54, 1.807) is 0 Å². The van der Waals surface area contributed by atoms with Gasteiger partial charge in [-0.3, -0.25) is 0 Å².